The molecule has 1 aromatic carbocycles. The van der Waals surface area contributed by atoms with E-state index in [0.717, 1.165) is 11.3 Å². The first-order chi connectivity index (χ1) is 9.40. The molecule has 0 atom stereocenters. The molecule has 2 aromatic rings. The van der Waals surface area contributed by atoms with Crippen LogP contribution in [0, 0.1) is 13.8 Å². The van der Waals surface area contributed by atoms with E-state index in [0.29, 0.717) is 22.7 Å². The van der Waals surface area contributed by atoms with E-state index >= 15 is 0 Å². The first-order valence-electron chi connectivity index (χ1n) is 6.42. The first kappa shape index (κ1) is 14.1. The van der Waals surface area contributed by atoms with Crippen LogP contribution in [0.2, 0.25) is 0 Å². The fraction of sp³-hybridized carbons (Fsp3) is 0.333. The molecule has 0 radical (unpaired) electrons. The zero-order valence-electron chi connectivity index (χ0n) is 12.1. The predicted molar refractivity (Wildman–Crippen MR) is 76.4 cm³/mol. The van der Waals surface area contributed by atoms with Crippen molar-refractivity contribution in [3.8, 4) is 11.5 Å². The number of nitrogens with two attached hydrogens (primary N) is 1. The van der Waals surface area contributed by atoms with Gasteiger partial charge in [-0.2, -0.15) is 0 Å². The van der Waals surface area contributed by atoms with E-state index in [9.17, 15) is 4.79 Å². The molecule has 5 nitrogen and oxygen atoms in total. The molecule has 0 saturated heterocycles. The molecular formula is C15H18N2O3. The lowest BCUT2D eigenvalue weighted by atomic mass is 10.0. The second kappa shape index (κ2) is 5.36. The van der Waals surface area contributed by atoms with Crippen molar-refractivity contribution in [2.75, 3.05) is 5.73 Å². The van der Waals surface area contributed by atoms with Gasteiger partial charge in [-0.3, -0.25) is 0 Å². The molecule has 1 aromatic heterocycles. The summed E-state index contributed by atoms with van der Waals surface area (Å²) in [5, 5.41) is 0. The molecule has 2 rings (SSSR count). The summed E-state index contributed by atoms with van der Waals surface area (Å²) < 4.78 is 10.6. The monoisotopic (exact) mass is 274 g/mol. The van der Waals surface area contributed by atoms with E-state index in [1.54, 1.807) is 19.9 Å². The molecule has 0 unspecified atom stereocenters. The maximum atomic E-state index is 12.3. The largest absolute Gasteiger partial charge is 0.459 e. The van der Waals surface area contributed by atoms with Crippen LogP contribution in [0.5, 0.6) is 0 Å². The fourth-order valence-electron chi connectivity index (χ4n) is 1.87. The van der Waals surface area contributed by atoms with Crippen molar-refractivity contribution in [1.82, 2.24) is 4.98 Å². The molecule has 2 N–H and O–H groups in total. The summed E-state index contributed by atoms with van der Waals surface area (Å²) in [7, 11) is 0. The van der Waals surface area contributed by atoms with Crippen LogP contribution in [-0.2, 0) is 4.74 Å². The van der Waals surface area contributed by atoms with Crippen molar-refractivity contribution >= 4 is 11.7 Å². The predicted octanol–water partition coefficient (Wildman–Crippen LogP) is 3.11. The molecule has 0 spiro atoms. The Morgan fingerprint density at radius 2 is 2.05 bits per heavy atom. The van der Waals surface area contributed by atoms with E-state index in [1.807, 2.05) is 19.9 Å². The van der Waals surface area contributed by atoms with Crippen molar-refractivity contribution in [2.45, 2.75) is 33.8 Å². The number of aryl methyl sites for hydroxylation is 2. The minimum Gasteiger partial charge on any atom is -0.459 e. The topological polar surface area (TPSA) is 78.3 Å². The number of oxazole rings is 1. The number of esters is 1. The summed E-state index contributed by atoms with van der Waals surface area (Å²) in [5.41, 5.74) is 8.83. The molecule has 0 bridgehead atoms. The second-order valence-electron chi connectivity index (χ2n) is 4.97. The molecule has 0 fully saturated rings. The average molecular weight is 274 g/mol. The molecule has 0 saturated carbocycles. The Kier molecular flexibility index (Phi) is 3.79. The highest BCUT2D eigenvalue weighted by molar-refractivity contribution is 6.02. The second-order valence-corrected chi connectivity index (χ2v) is 4.97. The highest BCUT2D eigenvalue weighted by Gasteiger charge is 2.22. The van der Waals surface area contributed by atoms with Gasteiger partial charge in [0.1, 0.15) is 6.26 Å². The number of carbonyl (C=O) groups is 1. The standard InChI is InChI=1S/C15H18N2O3/c1-8(2)20-15(18)12-11(6-5-9(3)13(12)16)14-17-10(4)7-19-14/h5-8H,16H2,1-4H3. The summed E-state index contributed by atoms with van der Waals surface area (Å²) in [6.07, 6.45) is 1.31. The third kappa shape index (κ3) is 2.66. The number of ether oxygens (including phenoxy) is 1. The van der Waals surface area contributed by atoms with E-state index in [2.05, 4.69) is 4.98 Å². The van der Waals surface area contributed by atoms with Crippen LogP contribution < -0.4 is 5.73 Å². The van der Waals surface area contributed by atoms with Gasteiger partial charge in [0.05, 0.1) is 22.9 Å². The van der Waals surface area contributed by atoms with Gasteiger partial charge >= 0.3 is 5.97 Å². The van der Waals surface area contributed by atoms with Crippen LogP contribution in [0.15, 0.2) is 22.8 Å². The Balaban J connectivity index is 2.57. The molecule has 1 heterocycles. The third-order valence-electron chi connectivity index (χ3n) is 2.86. The fourth-order valence-corrected chi connectivity index (χ4v) is 1.87. The number of hydrogen-bond donors (Lipinski definition) is 1. The minimum atomic E-state index is -0.466. The van der Waals surface area contributed by atoms with E-state index in [-0.39, 0.29) is 6.10 Å². The number of benzene rings is 1. The van der Waals surface area contributed by atoms with Gasteiger partial charge in [0, 0.05) is 5.69 Å². The van der Waals surface area contributed by atoms with Crippen LogP contribution in [-0.4, -0.2) is 17.1 Å². The zero-order chi connectivity index (χ0) is 14.9. The number of nitrogen functional groups attached to an aromatic ring is 1. The molecule has 0 aliphatic heterocycles. The third-order valence-corrected chi connectivity index (χ3v) is 2.86. The summed E-state index contributed by atoms with van der Waals surface area (Å²) in [6.45, 7) is 7.24. The molecule has 0 amide bonds. The highest BCUT2D eigenvalue weighted by atomic mass is 16.5. The summed E-state index contributed by atoms with van der Waals surface area (Å²) in [4.78, 5) is 16.5. The van der Waals surface area contributed by atoms with E-state index in [1.165, 1.54) is 6.26 Å². The number of aromatic nitrogens is 1. The molecule has 0 aliphatic carbocycles. The van der Waals surface area contributed by atoms with Gasteiger partial charge in [-0.25, -0.2) is 9.78 Å². The lowest BCUT2D eigenvalue weighted by molar-refractivity contribution is 0.0380. The Morgan fingerprint density at radius 3 is 2.60 bits per heavy atom. The molecule has 20 heavy (non-hydrogen) atoms. The van der Waals surface area contributed by atoms with Crippen molar-refractivity contribution in [3.05, 3.63) is 35.2 Å². The van der Waals surface area contributed by atoms with Crippen LogP contribution in [0.25, 0.3) is 11.5 Å². The highest BCUT2D eigenvalue weighted by Crippen LogP contribution is 2.30. The van der Waals surface area contributed by atoms with Crippen molar-refractivity contribution in [1.29, 1.82) is 0 Å². The molecule has 106 valence electrons. The van der Waals surface area contributed by atoms with Crippen LogP contribution in [0.1, 0.15) is 35.5 Å². The van der Waals surface area contributed by atoms with Gasteiger partial charge in [-0.15, -0.1) is 0 Å². The Hall–Kier alpha value is -2.30. The zero-order valence-corrected chi connectivity index (χ0v) is 12.1. The first-order valence-corrected chi connectivity index (χ1v) is 6.42. The van der Waals surface area contributed by atoms with Gasteiger partial charge in [-0.1, -0.05) is 6.07 Å². The van der Waals surface area contributed by atoms with Gasteiger partial charge in [0.25, 0.3) is 0 Å². The quantitative estimate of drug-likeness (QED) is 0.687. The van der Waals surface area contributed by atoms with Gasteiger partial charge in [0.2, 0.25) is 5.89 Å². The number of carbonyl (C=O) groups excluding carboxylic acids is 1. The van der Waals surface area contributed by atoms with Crippen molar-refractivity contribution in [2.24, 2.45) is 0 Å². The van der Waals surface area contributed by atoms with Gasteiger partial charge in [0.15, 0.2) is 0 Å². The van der Waals surface area contributed by atoms with Gasteiger partial charge < -0.3 is 14.9 Å². The normalized spacial score (nSPS) is 10.8. The van der Waals surface area contributed by atoms with Crippen molar-refractivity contribution in [3.63, 3.8) is 0 Å². The smallest absolute Gasteiger partial charge is 0.341 e. The Bertz CT molecular complexity index is 645. The molecule has 5 heteroatoms. The molecular weight excluding hydrogens is 256 g/mol. The van der Waals surface area contributed by atoms with Crippen LogP contribution >= 0.6 is 0 Å². The summed E-state index contributed by atoms with van der Waals surface area (Å²) in [5.74, 6) is -0.100. The van der Waals surface area contributed by atoms with E-state index in [4.69, 9.17) is 14.9 Å². The summed E-state index contributed by atoms with van der Waals surface area (Å²) in [6, 6.07) is 3.60. The number of hydrogen-bond acceptors (Lipinski definition) is 5. The van der Waals surface area contributed by atoms with Crippen LogP contribution in [0.3, 0.4) is 0 Å². The Morgan fingerprint density at radius 1 is 1.35 bits per heavy atom. The summed E-state index contributed by atoms with van der Waals surface area (Å²) >= 11 is 0. The SMILES string of the molecule is Cc1coc(-c2ccc(C)c(N)c2C(=O)OC(C)C)n1. The average Bonchev–Trinajstić information content (AvgIpc) is 2.78. The number of anilines is 1. The Labute approximate surface area is 117 Å². The maximum Gasteiger partial charge on any atom is 0.341 e. The van der Waals surface area contributed by atoms with Crippen molar-refractivity contribution < 1.29 is 13.9 Å². The van der Waals surface area contributed by atoms with Crippen LogP contribution in [0.4, 0.5) is 5.69 Å². The lowest BCUT2D eigenvalue weighted by Crippen LogP contribution is -2.15. The maximum absolute atomic E-state index is 12.3. The van der Waals surface area contributed by atoms with Gasteiger partial charge in [-0.05, 0) is 39.3 Å². The minimum absolute atomic E-state index is 0.221. The lowest BCUT2D eigenvalue weighted by Gasteiger charge is -2.13. The van der Waals surface area contributed by atoms with E-state index < -0.39 is 5.97 Å². The number of rotatable bonds is 3. The molecule has 0 aliphatic rings. The number of nitrogens with zero attached hydrogens (tertiary/aromatic N) is 1.